The van der Waals surface area contributed by atoms with Crippen molar-refractivity contribution in [1.82, 2.24) is 0 Å². The molecule has 4 aromatic carbocycles. The largest absolute Gasteiger partial charge is 0.573 e. The predicted molar refractivity (Wildman–Crippen MR) is 142 cm³/mol. The van der Waals surface area contributed by atoms with E-state index in [1.165, 1.54) is 25.3 Å². The molecule has 0 amide bonds. The van der Waals surface area contributed by atoms with Gasteiger partial charge in [-0.1, -0.05) is 75.1 Å². The summed E-state index contributed by atoms with van der Waals surface area (Å²) in [4.78, 5) is 0. The standard InChI is InChI=1S/C32H30F6O/c1-2-3-4-5-6-7-21-9-15-26(28(33)18-21)24-14-16-27-25(20-24)13-12-23(31(27)35)11-8-22-10-17-30(29(34)19-22)39-32(36,37)38/h9-10,12-20H,2-8,11H2,1H3. The SMILES string of the molecule is CCCCCCCc1ccc(-c2ccc3c(F)c(CCc4ccc(OC(F)(F)F)c(F)c4)ccc3c2)c(F)c1. The van der Waals surface area contributed by atoms with Crippen LogP contribution in [-0.2, 0) is 19.3 Å². The zero-order valence-corrected chi connectivity index (χ0v) is 21.7. The van der Waals surface area contributed by atoms with Crippen LogP contribution in [-0.4, -0.2) is 6.36 Å². The van der Waals surface area contributed by atoms with E-state index in [1.54, 1.807) is 42.5 Å². The molecule has 4 rings (SSSR count). The minimum Gasteiger partial charge on any atom is -0.403 e. The highest BCUT2D eigenvalue weighted by Gasteiger charge is 2.32. The van der Waals surface area contributed by atoms with Crippen LogP contribution in [0.1, 0.15) is 55.7 Å². The van der Waals surface area contributed by atoms with Crippen LogP contribution < -0.4 is 4.74 Å². The zero-order chi connectivity index (χ0) is 28.0. The van der Waals surface area contributed by atoms with Crippen molar-refractivity contribution in [3.63, 3.8) is 0 Å². The number of fused-ring (bicyclic) bond motifs is 1. The number of unbranched alkanes of at least 4 members (excludes halogenated alkanes) is 4. The van der Waals surface area contributed by atoms with E-state index in [1.807, 2.05) is 6.07 Å². The van der Waals surface area contributed by atoms with Crippen LogP contribution in [0.5, 0.6) is 5.75 Å². The van der Waals surface area contributed by atoms with Gasteiger partial charge in [-0.05, 0) is 77.6 Å². The van der Waals surface area contributed by atoms with Crippen LogP contribution in [0.3, 0.4) is 0 Å². The Balaban J connectivity index is 1.45. The van der Waals surface area contributed by atoms with E-state index in [2.05, 4.69) is 11.7 Å². The van der Waals surface area contributed by atoms with E-state index < -0.39 is 23.7 Å². The van der Waals surface area contributed by atoms with Gasteiger partial charge in [0.1, 0.15) is 11.6 Å². The van der Waals surface area contributed by atoms with E-state index >= 15 is 4.39 Å². The van der Waals surface area contributed by atoms with Gasteiger partial charge >= 0.3 is 6.36 Å². The highest BCUT2D eigenvalue weighted by molar-refractivity contribution is 5.88. The minimum atomic E-state index is -4.99. The molecular formula is C32H30F6O. The summed E-state index contributed by atoms with van der Waals surface area (Å²) in [6, 6.07) is 16.9. The number of hydrogen-bond acceptors (Lipinski definition) is 1. The molecule has 0 unspecified atom stereocenters. The van der Waals surface area contributed by atoms with Crippen LogP contribution in [0.2, 0.25) is 0 Å². The number of rotatable bonds is 11. The molecule has 4 aromatic rings. The van der Waals surface area contributed by atoms with Gasteiger partial charge in [0.25, 0.3) is 0 Å². The third-order valence-electron chi connectivity index (χ3n) is 6.85. The fourth-order valence-electron chi connectivity index (χ4n) is 4.76. The minimum absolute atomic E-state index is 0.219. The van der Waals surface area contributed by atoms with Crippen molar-refractivity contribution in [2.45, 2.75) is 64.7 Å². The average molecular weight is 545 g/mol. The zero-order valence-electron chi connectivity index (χ0n) is 21.7. The molecule has 206 valence electrons. The van der Waals surface area contributed by atoms with Crippen molar-refractivity contribution in [2.75, 3.05) is 0 Å². The van der Waals surface area contributed by atoms with Crippen LogP contribution in [0, 0.1) is 17.5 Å². The van der Waals surface area contributed by atoms with Gasteiger partial charge in [0, 0.05) is 10.9 Å². The number of aryl methyl sites for hydroxylation is 3. The summed E-state index contributed by atoms with van der Waals surface area (Å²) in [5.74, 6) is -2.79. The van der Waals surface area contributed by atoms with E-state index in [9.17, 15) is 22.0 Å². The predicted octanol–water partition coefficient (Wildman–Crippen LogP) is 10.1. The highest BCUT2D eigenvalue weighted by atomic mass is 19.4. The van der Waals surface area contributed by atoms with Gasteiger partial charge in [0.05, 0.1) is 0 Å². The van der Waals surface area contributed by atoms with Gasteiger partial charge in [0.2, 0.25) is 0 Å². The molecule has 7 heteroatoms. The second-order valence-corrected chi connectivity index (χ2v) is 9.77. The Labute approximate surface area is 224 Å². The molecule has 0 atom stereocenters. The van der Waals surface area contributed by atoms with Crippen molar-refractivity contribution in [3.8, 4) is 16.9 Å². The summed E-state index contributed by atoms with van der Waals surface area (Å²) < 4.78 is 84.9. The van der Waals surface area contributed by atoms with E-state index in [4.69, 9.17) is 0 Å². The molecule has 0 aliphatic carbocycles. The third-order valence-corrected chi connectivity index (χ3v) is 6.85. The molecule has 0 aliphatic heterocycles. The molecule has 0 saturated carbocycles. The lowest BCUT2D eigenvalue weighted by Crippen LogP contribution is -2.18. The smallest absolute Gasteiger partial charge is 0.403 e. The summed E-state index contributed by atoms with van der Waals surface area (Å²) in [6.45, 7) is 2.17. The fraction of sp³-hybridized carbons (Fsp3) is 0.312. The molecule has 0 aromatic heterocycles. The van der Waals surface area contributed by atoms with Gasteiger partial charge in [-0.15, -0.1) is 13.2 Å². The first-order chi connectivity index (χ1) is 18.6. The molecular weight excluding hydrogens is 514 g/mol. The number of benzene rings is 4. The maximum Gasteiger partial charge on any atom is 0.573 e. The van der Waals surface area contributed by atoms with Crippen molar-refractivity contribution in [1.29, 1.82) is 0 Å². The molecule has 1 nitrogen and oxygen atoms in total. The molecule has 0 heterocycles. The molecule has 0 aliphatic rings. The first-order valence-corrected chi connectivity index (χ1v) is 13.2. The van der Waals surface area contributed by atoms with Crippen molar-refractivity contribution in [3.05, 3.63) is 101 Å². The second kappa shape index (κ2) is 12.6. The van der Waals surface area contributed by atoms with Crippen LogP contribution in [0.25, 0.3) is 21.9 Å². The molecule has 0 fully saturated rings. The summed E-state index contributed by atoms with van der Waals surface area (Å²) in [5, 5.41) is 0.994. The molecule has 0 saturated heterocycles. The van der Waals surface area contributed by atoms with Gasteiger partial charge in [-0.3, -0.25) is 0 Å². The first kappa shape index (κ1) is 28.5. The quantitative estimate of drug-likeness (QED) is 0.135. The van der Waals surface area contributed by atoms with Crippen molar-refractivity contribution < 1.29 is 31.1 Å². The topological polar surface area (TPSA) is 9.23 Å². The molecule has 0 N–H and O–H groups in total. The van der Waals surface area contributed by atoms with Gasteiger partial charge in [-0.2, -0.15) is 0 Å². The van der Waals surface area contributed by atoms with Crippen molar-refractivity contribution in [2.24, 2.45) is 0 Å². The third kappa shape index (κ3) is 7.55. The summed E-state index contributed by atoms with van der Waals surface area (Å²) in [7, 11) is 0. The summed E-state index contributed by atoms with van der Waals surface area (Å²) >= 11 is 0. The maximum atomic E-state index is 15.3. The lowest BCUT2D eigenvalue weighted by Gasteiger charge is -2.12. The Kier molecular flexibility index (Phi) is 9.20. The Hall–Kier alpha value is -3.48. The van der Waals surface area contributed by atoms with Crippen LogP contribution in [0.4, 0.5) is 26.3 Å². The highest BCUT2D eigenvalue weighted by Crippen LogP contribution is 2.31. The van der Waals surface area contributed by atoms with Crippen LogP contribution in [0.15, 0.2) is 66.7 Å². The van der Waals surface area contributed by atoms with Gasteiger partial charge in [-0.25, -0.2) is 13.2 Å². The van der Waals surface area contributed by atoms with Gasteiger partial charge in [0.15, 0.2) is 11.6 Å². The monoisotopic (exact) mass is 544 g/mol. The van der Waals surface area contributed by atoms with Crippen molar-refractivity contribution >= 4 is 10.8 Å². The molecule has 0 radical (unpaired) electrons. The Morgan fingerprint density at radius 2 is 1.38 bits per heavy atom. The average Bonchev–Trinajstić information content (AvgIpc) is 2.89. The van der Waals surface area contributed by atoms with E-state index in [-0.39, 0.29) is 18.7 Å². The van der Waals surface area contributed by atoms with E-state index in [0.717, 1.165) is 37.0 Å². The Morgan fingerprint density at radius 1 is 0.667 bits per heavy atom. The molecule has 0 bridgehead atoms. The Bertz CT molecular complexity index is 1430. The molecule has 0 spiro atoms. The normalized spacial score (nSPS) is 11.8. The fourth-order valence-corrected chi connectivity index (χ4v) is 4.76. The molecule has 39 heavy (non-hydrogen) atoms. The lowest BCUT2D eigenvalue weighted by molar-refractivity contribution is -0.275. The summed E-state index contributed by atoms with van der Waals surface area (Å²) in [5.41, 5.74) is 2.87. The number of halogens is 6. The van der Waals surface area contributed by atoms with Gasteiger partial charge < -0.3 is 4.74 Å². The van der Waals surface area contributed by atoms with Crippen LogP contribution >= 0.6 is 0 Å². The lowest BCUT2D eigenvalue weighted by atomic mass is 9.96. The Morgan fingerprint density at radius 3 is 2.10 bits per heavy atom. The second-order valence-electron chi connectivity index (χ2n) is 9.77. The maximum absolute atomic E-state index is 15.3. The summed E-state index contributed by atoms with van der Waals surface area (Å²) in [6.07, 6.45) is 2.05. The first-order valence-electron chi connectivity index (χ1n) is 13.2. The van der Waals surface area contributed by atoms with E-state index in [0.29, 0.717) is 33.0 Å². The number of ether oxygens (including phenoxy) is 1. The number of alkyl halides is 3. The number of hydrogen-bond donors (Lipinski definition) is 0.